The zero-order chi connectivity index (χ0) is 12.7. The molecule has 4 nitrogen and oxygen atoms in total. The van der Waals surface area contributed by atoms with E-state index in [-0.39, 0.29) is 0 Å². The van der Waals surface area contributed by atoms with Crippen molar-refractivity contribution in [2.24, 2.45) is 0 Å². The molecule has 1 heterocycles. The lowest BCUT2D eigenvalue weighted by atomic mass is 10.2. The van der Waals surface area contributed by atoms with E-state index in [1.807, 2.05) is 0 Å². The van der Waals surface area contributed by atoms with E-state index in [0.717, 1.165) is 32.6 Å². The first-order valence-corrected chi connectivity index (χ1v) is 6.70. The first-order valence-electron chi connectivity index (χ1n) is 6.70. The molecule has 0 amide bonds. The molecule has 2 N–H and O–H groups in total. The summed E-state index contributed by atoms with van der Waals surface area (Å²) in [5, 5.41) is 11.4. The van der Waals surface area contributed by atoms with Gasteiger partial charge < -0.3 is 10.6 Å². The number of aryl methyl sites for hydroxylation is 2. The lowest BCUT2D eigenvalue weighted by Gasteiger charge is -2.14. The maximum atomic E-state index is 4.55. The van der Waals surface area contributed by atoms with Crippen LogP contribution in [0.1, 0.15) is 39.1 Å². The van der Waals surface area contributed by atoms with Gasteiger partial charge >= 0.3 is 0 Å². The minimum atomic E-state index is 0.486. The van der Waals surface area contributed by atoms with Gasteiger partial charge in [-0.2, -0.15) is 5.10 Å². The fourth-order valence-electron chi connectivity index (χ4n) is 1.82. The topological polar surface area (TPSA) is 41.9 Å². The molecule has 1 aromatic rings. The SMILES string of the molecule is CCNCC(C)NCc1cc(CC)nn1CC. The van der Waals surface area contributed by atoms with Gasteiger partial charge in [-0.1, -0.05) is 13.8 Å². The highest BCUT2D eigenvalue weighted by Crippen LogP contribution is 2.05. The number of nitrogens with one attached hydrogen (secondary N) is 2. The molecule has 98 valence electrons. The molecule has 1 atom stereocenters. The third-order valence-electron chi connectivity index (χ3n) is 2.91. The molecule has 1 rings (SSSR count). The zero-order valence-corrected chi connectivity index (χ0v) is 11.6. The second-order valence-corrected chi connectivity index (χ2v) is 4.39. The third kappa shape index (κ3) is 4.48. The average molecular weight is 238 g/mol. The van der Waals surface area contributed by atoms with Crippen molar-refractivity contribution in [3.8, 4) is 0 Å². The quantitative estimate of drug-likeness (QED) is 0.722. The molecule has 0 radical (unpaired) electrons. The summed E-state index contributed by atoms with van der Waals surface area (Å²) < 4.78 is 2.09. The van der Waals surface area contributed by atoms with Crippen molar-refractivity contribution in [2.45, 2.75) is 53.2 Å². The van der Waals surface area contributed by atoms with Crippen molar-refractivity contribution in [1.29, 1.82) is 0 Å². The van der Waals surface area contributed by atoms with E-state index in [0.29, 0.717) is 6.04 Å². The Hall–Kier alpha value is -0.870. The molecule has 0 aliphatic carbocycles. The third-order valence-corrected chi connectivity index (χ3v) is 2.91. The molecule has 0 aliphatic rings. The standard InChI is InChI=1S/C13H26N4/c1-5-12-8-13(17(7-3)16-12)10-15-11(4)9-14-6-2/h8,11,14-15H,5-7,9-10H2,1-4H3. The molecule has 0 spiro atoms. The highest BCUT2D eigenvalue weighted by Gasteiger charge is 2.07. The van der Waals surface area contributed by atoms with Crippen LogP contribution in [0.2, 0.25) is 0 Å². The first-order chi connectivity index (χ1) is 8.21. The summed E-state index contributed by atoms with van der Waals surface area (Å²) >= 11 is 0. The molecule has 4 heteroatoms. The molecule has 1 aromatic heterocycles. The second-order valence-electron chi connectivity index (χ2n) is 4.39. The maximum absolute atomic E-state index is 4.55. The van der Waals surface area contributed by atoms with E-state index in [1.54, 1.807) is 0 Å². The van der Waals surface area contributed by atoms with Gasteiger partial charge in [0.1, 0.15) is 0 Å². The van der Waals surface area contributed by atoms with Gasteiger partial charge in [-0.3, -0.25) is 4.68 Å². The molecular formula is C13H26N4. The molecule has 17 heavy (non-hydrogen) atoms. The zero-order valence-electron chi connectivity index (χ0n) is 11.6. The lowest BCUT2D eigenvalue weighted by molar-refractivity contribution is 0.489. The Kier molecular flexibility index (Phi) is 6.22. The molecule has 0 saturated carbocycles. The average Bonchev–Trinajstić information content (AvgIpc) is 2.76. The van der Waals surface area contributed by atoms with E-state index >= 15 is 0 Å². The number of nitrogens with zero attached hydrogens (tertiary/aromatic N) is 2. The number of aromatic nitrogens is 2. The van der Waals surface area contributed by atoms with Gasteiger partial charge in [0, 0.05) is 25.7 Å². The van der Waals surface area contributed by atoms with Crippen LogP contribution in [-0.4, -0.2) is 28.9 Å². The van der Waals surface area contributed by atoms with E-state index in [9.17, 15) is 0 Å². The largest absolute Gasteiger partial charge is 0.315 e. The molecular weight excluding hydrogens is 212 g/mol. The Balaban J connectivity index is 2.47. The Bertz CT molecular complexity index is 319. The van der Waals surface area contributed by atoms with Crippen molar-refractivity contribution in [1.82, 2.24) is 20.4 Å². The van der Waals surface area contributed by atoms with Crippen molar-refractivity contribution >= 4 is 0 Å². The summed E-state index contributed by atoms with van der Waals surface area (Å²) in [6.07, 6.45) is 1.01. The van der Waals surface area contributed by atoms with E-state index in [2.05, 4.69) is 54.2 Å². The fourth-order valence-corrected chi connectivity index (χ4v) is 1.82. The van der Waals surface area contributed by atoms with Crippen LogP contribution in [0.5, 0.6) is 0 Å². The highest BCUT2D eigenvalue weighted by molar-refractivity contribution is 5.10. The summed E-state index contributed by atoms with van der Waals surface area (Å²) in [6.45, 7) is 12.5. The van der Waals surface area contributed by atoms with Gasteiger partial charge in [0.2, 0.25) is 0 Å². The van der Waals surface area contributed by atoms with E-state index in [1.165, 1.54) is 11.4 Å². The number of hydrogen-bond donors (Lipinski definition) is 2. The van der Waals surface area contributed by atoms with Crippen LogP contribution >= 0.6 is 0 Å². The number of hydrogen-bond acceptors (Lipinski definition) is 3. The Morgan fingerprint density at radius 2 is 2.12 bits per heavy atom. The van der Waals surface area contributed by atoms with Crippen LogP contribution in [0.25, 0.3) is 0 Å². The summed E-state index contributed by atoms with van der Waals surface area (Å²) in [7, 11) is 0. The molecule has 0 aromatic carbocycles. The van der Waals surface area contributed by atoms with Gasteiger partial charge in [-0.05, 0) is 32.9 Å². The van der Waals surface area contributed by atoms with Crippen LogP contribution in [0.3, 0.4) is 0 Å². The van der Waals surface area contributed by atoms with Crippen LogP contribution in [-0.2, 0) is 19.5 Å². The molecule has 0 fully saturated rings. The summed E-state index contributed by atoms with van der Waals surface area (Å²) in [5.74, 6) is 0. The summed E-state index contributed by atoms with van der Waals surface area (Å²) in [5.41, 5.74) is 2.47. The minimum Gasteiger partial charge on any atom is -0.315 e. The van der Waals surface area contributed by atoms with Gasteiger partial charge in [0.15, 0.2) is 0 Å². The van der Waals surface area contributed by atoms with Gasteiger partial charge in [0.05, 0.1) is 11.4 Å². The highest BCUT2D eigenvalue weighted by atomic mass is 15.3. The fraction of sp³-hybridized carbons (Fsp3) is 0.769. The van der Waals surface area contributed by atoms with Crippen LogP contribution in [0.15, 0.2) is 6.07 Å². The second kappa shape index (κ2) is 7.45. The molecule has 0 bridgehead atoms. The minimum absolute atomic E-state index is 0.486. The van der Waals surface area contributed by atoms with Crippen molar-refractivity contribution in [2.75, 3.05) is 13.1 Å². The molecule has 0 saturated heterocycles. The van der Waals surface area contributed by atoms with Gasteiger partial charge in [-0.15, -0.1) is 0 Å². The normalized spacial score (nSPS) is 12.9. The predicted molar refractivity (Wildman–Crippen MR) is 72.1 cm³/mol. The Labute approximate surface area is 105 Å². The number of likely N-dealkylation sites (N-methyl/N-ethyl adjacent to an activating group) is 1. The van der Waals surface area contributed by atoms with Crippen LogP contribution in [0.4, 0.5) is 0 Å². The first kappa shape index (κ1) is 14.2. The van der Waals surface area contributed by atoms with Crippen LogP contribution < -0.4 is 10.6 Å². The van der Waals surface area contributed by atoms with Crippen molar-refractivity contribution in [3.05, 3.63) is 17.5 Å². The predicted octanol–water partition coefficient (Wildman–Crippen LogP) is 1.55. The Morgan fingerprint density at radius 3 is 2.71 bits per heavy atom. The monoisotopic (exact) mass is 238 g/mol. The van der Waals surface area contributed by atoms with Crippen molar-refractivity contribution in [3.63, 3.8) is 0 Å². The summed E-state index contributed by atoms with van der Waals surface area (Å²) in [6, 6.07) is 2.69. The van der Waals surface area contributed by atoms with E-state index < -0.39 is 0 Å². The smallest absolute Gasteiger partial charge is 0.0625 e. The van der Waals surface area contributed by atoms with Crippen LogP contribution in [0, 0.1) is 0 Å². The van der Waals surface area contributed by atoms with Gasteiger partial charge in [-0.25, -0.2) is 0 Å². The van der Waals surface area contributed by atoms with Crippen molar-refractivity contribution < 1.29 is 0 Å². The molecule has 1 unspecified atom stereocenters. The molecule has 0 aliphatic heterocycles. The Morgan fingerprint density at radius 1 is 1.35 bits per heavy atom. The van der Waals surface area contributed by atoms with E-state index in [4.69, 9.17) is 0 Å². The lowest BCUT2D eigenvalue weighted by Crippen LogP contribution is -2.36. The summed E-state index contributed by atoms with van der Waals surface area (Å²) in [4.78, 5) is 0. The number of rotatable bonds is 8. The van der Waals surface area contributed by atoms with Gasteiger partial charge in [0.25, 0.3) is 0 Å². The maximum Gasteiger partial charge on any atom is 0.0625 e.